The summed E-state index contributed by atoms with van der Waals surface area (Å²) >= 11 is 0. The highest BCUT2D eigenvalue weighted by molar-refractivity contribution is 6.06. The summed E-state index contributed by atoms with van der Waals surface area (Å²) in [6.45, 7) is 0. The minimum Gasteiger partial charge on any atom is -0.388 e. The van der Waals surface area contributed by atoms with E-state index in [0.29, 0.717) is 36.2 Å². The smallest absolute Gasteiger partial charge is 0.323 e. The SMILES string of the molecule is N#CN1c2ccccc2CC(=O)c2ccccc21.N#CN1c2ccccc2C[C@H](O)c2ccccc21.NC(=O)N1c2ccccc2C[C@H](O)c2ccccc21. The molecule has 6 aromatic rings. The number of Topliss-reactive ketones (excluding diaryl/α,β-unsaturated/α-hetero) is 1. The lowest BCUT2D eigenvalue weighted by Gasteiger charge is -2.22. The molecule has 0 bridgehead atoms. The Hall–Kier alpha value is -7.24. The van der Waals surface area contributed by atoms with Gasteiger partial charge in [-0.25, -0.2) is 14.6 Å². The number of carbonyl (C=O) groups excluding carboxylic acids is 2. The molecule has 2 amide bonds. The Kier molecular flexibility index (Phi) is 10.4. The number of hydrogen-bond acceptors (Lipinski definition) is 8. The minimum absolute atomic E-state index is 0.0517. The van der Waals surface area contributed by atoms with E-state index in [9.17, 15) is 30.3 Å². The van der Waals surface area contributed by atoms with Gasteiger partial charge in [-0.05, 0) is 59.2 Å². The van der Waals surface area contributed by atoms with Gasteiger partial charge in [0.05, 0.1) is 46.3 Å². The van der Waals surface area contributed by atoms with E-state index in [2.05, 4.69) is 12.4 Å². The first kappa shape index (κ1) is 36.1. The third kappa shape index (κ3) is 7.11. The van der Waals surface area contributed by atoms with Crippen molar-refractivity contribution in [2.24, 2.45) is 5.73 Å². The molecule has 6 aromatic carbocycles. The first-order valence-corrected chi connectivity index (χ1v) is 17.7. The van der Waals surface area contributed by atoms with Crippen LogP contribution in [0.4, 0.5) is 38.9 Å². The van der Waals surface area contributed by atoms with Crippen LogP contribution in [0, 0.1) is 22.9 Å². The van der Waals surface area contributed by atoms with Gasteiger partial charge < -0.3 is 15.9 Å². The highest BCUT2D eigenvalue weighted by Crippen LogP contribution is 2.41. The quantitative estimate of drug-likeness (QED) is 0.132. The van der Waals surface area contributed by atoms with Crippen molar-refractivity contribution in [3.8, 4) is 12.4 Å². The largest absolute Gasteiger partial charge is 0.388 e. The Morgan fingerprint density at radius 1 is 0.545 bits per heavy atom. The van der Waals surface area contributed by atoms with Crippen LogP contribution in [-0.2, 0) is 19.3 Å². The maximum absolute atomic E-state index is 12.2. The van der Waals surface area contributed by atoms with Crippen LogP contribution in [0.25, 0.3) is 0 Å². The number of nitriles is 2. The Morgan fingerprint density at radius 3 is 1.53 bits per heavy atom. The van der Waals surface area contributed by atoms with Gasteiger partial charge in [0.1, 0.15) is 0 Å². The van der Waals surface area contributed by atoms with Crippen molar-refractivity contribution < 1.29 is 19.8 Å². The summed E-state index contributed by atoms with van der Waals surface area (Å²) in [4.78, 5) is 28.6. The van der Waals surface area contributed by atoms with Crippen LogP contribution >= 0.6 is 0 Å². The summed E-state index contributed by atoms with van der Waals surface area (Å²) in [6.07, 6.45) is 4.49. The number of anilines is 6. The monoisotopic (exact) mass is 724 g/mol. The molecule has 0 saturated heterocycles. The summed E-state index contributed by atoms with van der Waals surface area (Å²) in [6, 6.07) is 44.2. The molecule has 9 rings (SSSR count). The molecule has 3 aliphatic heterocycles. The highest BCUT2D eigenvalue weighted by atomic mass is 16.3. The average Bonchev–Trinajstić information content (AvgIpc) is 3.49. The number of benzene rings is 6. The lowest BCUT2D eigenvalue weighted by Crippen LogP contribution is -2.32. The maximum Gasteiger partial charge on any atom is 0.323 e. The van der Waals surface area contributed by atoms with Crippen molar-refractivity contribution in [1.82, 2.24) is 0 Å². The van der Waals surface area contributed by atoms with Gasteiger partial charge in [0.2, 0.25) is 0 Å². The standard InChI is InChI=1S/C15H14N2O2.C15H12N2O.C15H10N2O/c16-15(19)17-12-7-3-1-5-10(12)9-14(18)11-6-2-4-8-13(11)17;2*16-10-17-13-7-3-1-5-11(13)9-15(18)12-6-2-4-8-14(12)17/h1-8,14,18H,9H2,(H2,16,19);1-8,15,18H,9H2;1-8H,9H2/t14-;15-;/m00./s1. The predicted octanol–water partition coefficient (Wildman–Crippen LogP) is 8.43. The fraction of sp³-hybridized carbons (Fsp3) is 0.111. The van der Waals surface area contributed by atoms with Crippen molar-refractivity contribution >= 4 is 45.9 Å². The molecule has 3 aliphatic rings. The summed E-state index contributed by atoms with van der Waals surface area (Å²) in [5, 5.41) is 39.3. The topological polar surface area (TPSA) is 158 Å². The van der Waals surface area contributed by atoms with E-state index in [0.717, 1.165) is 50.6 Å². The van der Waals surface area contributed by atoms with E-state index in [1.807, 2.05) is 127 Å². The van der Waals surface area contributed by atoms with Gasteiger partial charge in [0.25, 0.3) is 0 Å². The Morgan fingerprint density at radius 2 is 0.945 bits per heavy atom. The van der Waals surface area contributed by atoms with Crippen LogP contribution in [0.3, 0.4) is 0 Å². The predicted molar refractivity (Wildman–Crippen MR) is 211 cm³/mol. The Balaban J connectivity index is 0.000000127. The molecule has 270 valence electrons. The fourth-order valence-corrected chi connectivity index (χ4v) is 7.28. The van der Waals surface area contributed by atoms with Crippen molar-refractivity contribution in [3.63, 3.8) is 0 Å². The molecule has 10 nitrogen and oxygen atoms in total. The van der Waals surface area contributed by atoms with Crippen LogP contribution in [-0.4, -0.2) is 22.0 Å². The number of nitrogens with zero attached hydrogens (tertiary/aromatic N) is 5. The molecule has 0 spiro atoms. The zero-order valence-corrected chi connectivity index (χ0v) is 29.7. The molecule has 0 radical (unpaired) electrons. The van der Waals surface area contributed by atoms with Crippen molar-refractivity contribution in [2.45, 2.75) is 31.5 Å². The number of aliphatic hydroxyl groups excluding tert-OH is 2. The van der Waals surface area contributed by atoms with E-state index in [4.69, 9.17) is 5.73 Å². The molecule has 10 heteroatoms. The molecular formula is C45H36N6O4. The van der Waals surface area contributed by atoms with E-state index in [1.54, 1.807) is 23.1 Å². The molecule has 0 aliphatic carbocycles. The third-order valence-electron chi connectivity index (χ3n) is 9.81. The van der Waals surface area contributed by atoms with E-state index < -0.39 is 18.2 Å². The Bertz CT molecular complexity index is 2490. The number of hydrogen-bond donors (Lipinski definition) is 3. The van der Waals surface area contributed by atoms with E-state index in [-0.39, 0.29) is 5.78 Å². The number of amides is 2. The van der Waals surface area contributed by atoms with Crippen LogP contribution < -0.4 is 20.4 Å². The highest BCUT2D eigenvalue weighted by Gasteiger charge is 2.29. The second kappa shape index (κ2) is 15.8. The summed E-state index contributed by atoms with van der Waals surface area (Å²) in [5.74, 6) is 0.0517. The second-order valence-electron chi connectivity index (χ2n) is 13.1. The molecule has 0 fully saturated rings. The van der Waals surface area contributed by atoms with Gasteiger partial charge in [0.15, 0.2) is 18.2 Å². The number of rotatable bonds is 0. The first-order chi connectivity index (χ1) is 26.8. The maximum atomic E-state index is 12.2. The van der Waals surface area contributed by atoms with Crippen LogP contribution in [0.15, 0.2) is 146 Å². The normalized spacial score (nSPS) is 16.0. The van der Waals surface area contributed by atoms with Gasteiger partial charge in [-0.1, -0.05) is 103 Å². The Labute approximate surface area is 318 Å². The molecular weight excluding hydrogens is 689 g/mol. The lowest BCUT2D eigenvalue weighted by atomic mass is 10.0. The van der Waals surface area contributed by atoms with Gasteiger partial charge >= 0.3 is 6.03 Å². The third-order valence-corrected chi connectivity index (χ3v) is 9.81. The van der Waals surface area contributed by atoms with E-state index >= 15 is 0 Å². The van der Waals surface area contributed by atoms with Gasteiger partial charge in [-0.2, -0.15) is 10.5 Å². The molecule has 0 aromatic heterocycles. The molecule has 0 unspecified atom stereocenters. The molecule has 2 atom stereocenters. The number of ketones is 1. The summed E-state index contributed by atoms with van der Waals surface area (Å²) in [7, 11) is 0. The number of fused-ring (bicyclic) bond motifs is 6. The van der Waals surface area contributed by atoms with Gasteiger partial charge in [-0.3, -0.25) is 9.69 Å². The van der Waals surface area contributed by atoms with Crippen molar-refractivity contribution in [2.75, 3.05) is 14.7 Å². The number of aliphatic hydroxyl groups is 2. The van der Waals surface area contributed by atoms with Crippen LogP contribution in [0.5, 0.6) is 0 Å². The minimum atomic E-state index is -0.637. The number of nitrogens with two attached hydrogens (primary N) is 1. The van der Waals surface area contributed by atoms with Crippen molar-refractivity contribution in [1.29, 1.82) is 10.5 Å². The number of carbonyl (C=O) groups is 2. The fourth-order valence-electron chi connectivity index (χ4n) is 7.28. The molecule has 0 saturated carbocycles. The lowest BCUT2D eigenvalue weighted by molar-refractivity contribution is 0.0994. The van der Waals surface area contributed by atoms with Gasteiger partial charge in [-0.15, -0.1) is 0 Å². The number of para-hydroxylation sites is 6. The molecule has 4 N–H and O–H groups in total. The molecule has 55 heavy (non-hydrogen) atoms. The second-order valence-corrected chi connectivity index (χ2v) is 13.1. The zero-order chi connectivity index (χ0) is 38.5. The van der Waals surface area contributed by atoms with Crippen molar-refractivity contribution in [3.05, 3.63) is 179 Å². The van der Waals surface area contributed by atoms with E-state index in [1.165, 1.54) is 9.80 Å². The van der Waals surface area contributed by atoms with Crippen LogP contribution in [0.2, 0.25) is 0 Å². The number of primary amides is 1. The van der Waals surface area contributed by atoms with Gasteiger partial charge in [0, 0.05) is 36.0 Å². The average molecular weight is 725 g/mol. The zero-order valence-electron chi connectivity index (χ0n) is 29.7. The first-order valence-electron chi connectivity index (χ1n) is 17.7. The van der Waals surface area contributed by atoms with Crippen LogP contribution in [0.1, 0.15) is 50.4 Å². The molecule has 3 heterocycles. The number of urea groups is 1. The summed E-state index contributed by atoms with van der Waals surface area (Å²) < 4.78 is 0. The summed E-state index contributed by atoms with van der Waals surface area (Å²) in [5.41, 5.74) is 14.9.